The smallest absolute Gasteiger partial charge is 0.191 e. The topological polar surface area (TPSA) is 76.4 Å². The van der Waals surface area contributed by atoms with Gasteiger partial charge in [-0.1, -0.05) is 30.3 Å². The summed E-state index contributed by atoms with van der Waals surface area (Å²) in [6.07, 6.45) is 4.09. The largest absolute Gasteiger partial charge is 0.494 e. The molecule has 2 aromatic carbocycles. The van der Waals surface area contributed by atoms with Crippen LogP contribution in [0.5, 0.6) is 5.75 Å². The lowest BCUT2D eigenvalue weighted by Crippen LogP contribution is -2.39. The van der Waals surface area contributed by atoms with Gasteiger partial charge >= 0.3 is 0 Å². The fourth-order valence-corrected chi connectivity index (χ4v) is 3.50. The maximum Gasteiger partial charge on any atom is 0.191 e. The number of guanidine groups is 1. The molecular weight excluding hydrogens is 535 g/mol. The molecule has 0 aliphatic rings. The SMILES string of the molecule is CSCCCNC(=NCc1nnc(C)n1C)NCCCOc1ccc2ccccc2c1.I. The number of hydrogen-bond acceptors (Lipinski definition) is 5. The van der Waals surface area contributed by atoms with Crippen LogP contribution in [0.2, 0.25) is 0 Å². The van der Waals surface area contributed by atoms with E-state index in [1.54, 1.807) is 0 Å². The predicted octanol–water partition coefficient (Wildman–Crippen LogP) is 4.15. The quantitative estimate of drug-likeness (QED) is 0.157. The molecule has 1 aromatic heterocycles. The Kier molecular flexibility index (Phi) is 11.6. The van der Waals surface area contributed by atoms with E-state index in [0.717, 1.165) is 55.0 Å². The second kappa shape index (κ2) is 14.2. The van der Waals surface area contributed by atoms with E-state index in [9.17, 15) is 0 Å². The zero-order valence-electron chi connectivity index (χ0n) is 19.0. The fraction of sp³-hybridized carbons (Fsp3) is 0.435. The van der Waals surface area contributed by atoms with Crippen molar-refractivity contribution in [1.29, 1.82) is 0 Å². The molecule has 0 atom stereocenters. The standard InChI is InChI=1S/C23H32N6OS.HI/c1-18-27-28-22(29(18)2)17-26-23(25-13-7-15-31-3)24-12-6-14-30-21-11-10-19-8-4-5-9-20(19)16-21;/h4-5,8-11,16H,6-7,12-15,17H2,1-3H3,(H2,24,25,26);1H. The molecule has 0 unspecified atom stereocenters. The molecule has 3 rings (SSSR count). The third-order valence-electron chi connectivity index (χ3n) is 4.98. The van der Waals surface area contributed by atoms with Crippen molar-refractivity contribution in [3.8, 4) is 5.75 Å². The minimum atomic E-state index is 0. The monoisotopic (exact) mass is 568 g/mol. The summed E-state index contributed by atoms with van der Waals surface area (Å²) in [6, 6.07) is 14.5. The second-order valence-electron chi connectivity index (χ2n) is 7.30. The fourth-order valence-electron chi connectivity index (χ4n) is 3.06. The zero-order chi connectivity index (χ0) is 21.9. The van der Waals surface area contributed by atoms with Crippen LogP contribution >= 0.6 is 35.7 Å². The summed E-state index contributed by atoms with van der Waals surface area (Å²) in [7, 11) is 1.96. The van der Waals surface area contributed by atoms with E-state index < -0.39 is 0 Å². The van der Waals surface area contributed by atoms with E-state index >= 15 is 0 Å². The van der Waals surface area contributed by atoms with Crippen molar-refractivity contribution in [3.63, 3.8) is 0 Å². The highest BCUT2D eigenvalue weighted by molar-refractivity contribution is 14.0. The molecule has 1 heterocycles. The first-order chi connectivity index (χ1) is 15.2. The first-order valence-electron chi connectivity index (χ1n) is 10.6. The molecule has 0 amide bonds. The molecule has 0 fully saturated rings. The first kappa shape index (κ1) is 26.2. The molecule has 0 bridgehead atoms. The highest BCUT2D eigenvalue weighted by Gasteiger charge is 2.05. The summed E-state index contributed by atoms with van der Waals surface area (Å²) >= 11 is 1.85. The lowest BCUT2D eigenvalue weighted by Gasteiger charge is -2.13. The summed E-state index contributed by atoms with van der Waals surface area (Å²) in [5, 5.41) is 17.5. The molecule has 7 nitrogen and oxygen atoms in total. The van der Waals surface area contributed by atoms with Crippen LogP contribution in [0.15, 0.2) is 47.5 Å². The van der Waals surface area contributed by atoms with Gasteiger partial charge in [0, 0.05) is 20.1 Å². The third-order valence-corrected chi connectivity index (χ3v) is 5.68. The van der Waals surface area contributed by atoms with Gasteiger partial charge in [-0.05, 0) is 54.7 Å². The number of aromatic nitrogens is 3. The lowest BCUT2D eigenvalue weighted by molar-refractivity contribution is 0.311. The van der Waals surface area contributed by atoms with Crippen molar-refractivity contribution in [2.75, 3.05) is 31.7 Å². The Hall–Kier alpha value is -2.01. The molecule has 9 heteroatoms. The van der Waals surface area contributed by atoms with E-state index in [1.807, 2.05) is 48.5 Å². The van der Waals surface area contributed by atoms with Crippen molar-refractivity contribution in [1.82, 2.24) is 25.4 Å². The van der Waals surface area contributed by atoms with E-state index in [-0.39, 0.29) is 24.0 Å². The zero-order valence-corrected chi connectivity index (χ0v) is 22.2. The van der Waals surface area contributed by atoms with E-state index in [1.165, 1.54) is 10.8 Å². The molecular formula is C23H33IN6OS. The number of aliphatic imine (C=N–C) groups is 1. The van der Waals surface area contributed by atoms with Crippen molar-refractivity contribution in [2.24, 2.45) is 12.0 Å². The number of nitrogens with one attached hydrogen (secondary N) is 2. The first-order valence-corrected chi connectivity index (χ1v) is 12.0. The van der Waals surface area contributed by atoms with Crippen LogP contribution in [0.4, 0.5) is 0 Å². The van der Waals surface area contributed by atoms with Gasteiger partial charge in [-0.2, -0.15) is 11.8 Å². The van der Waals surface area contributed by atoms with Gasteiger partial charge in [0.05, 0.1) is 6.61 Å². The number of ether oxygens (including phenoxy) is 1. The number of fused-ring (bicyclic) bond motifs is 1. The average molecular weight is 569 g/mol. The number of aryl methyl sites for hydroxylation is 1. The van der Waals surface area contributed by atoms with Gasteiger partial charge < -0.3 is 19.9 Å². The molecule has 0 aliphatic carbocycles. The van der Waals surface area contributed by atoms with Crippen LogP contribution in [0, 0.1) is 6.92 Å². The molecule has 0 saturated carbocycles. The molecule has 2 N–H and O–H groups in total. The summed E-state index contributed by atoms with van der Waals surface area (Å²) in [4.78, 5) is 4.68. The number of thioether (sulfide) groups is 1. The van der Waals surface area contributed by atoms with E-state index in [0.29, 0.717) is 13.2 Å². The van der Waals surface area contributed by atoms with Gasteiger partial charge in [0.25, 0.3) is 0 Å². The van der Waals surface area contributed by atoms with Crippen molar-refractivity contribution >= 4 is 52.5 Å². The van der Waals surface area contributed by atoms with Crippen molar-refractivity contribution in [3.05, 3.63) is 54.1 Å². The van der Waals surface area contributed by atoms with Crippen LogP contribution in [0.25, 0.3) is 10.8 Å². The summed E-state index contributed by atoms with van der Waals surface area (Å²) in [5.41, 5.74) is 0. The summed E-state index contributed by atoms with van der Waals surface area (Å²) in [6.45, 7) is 4.74. The Balaban J connectivity index is 0.00000363. The highest BCUT2D eigenvalue weighted by Crippen LogP contribution is 2.20. The average Bonchev–Trinajstić information content (AvgIpc) is 3.11. The van der Waals surface area contributed by atoms with Gasteiger partial charge in [-0.25, -0.2) is 4.99 Å². The molecule has 0 spiro atoms. The van der Waals surface area contributed by atoms with Crippen molar-refractivity contribution < 1.29 is 4.74 Å². The van der Waals surface area contributed by atoms with Crippen LogP contribution in [-0.4, -0.2) is 52.4 Å². The van der Waals surface area contributed by atoms with Crippen LogP contribution in [0.1, 0.15) is 24.5 Å². The summed E-state index contributed by atoms with van der Waals surface area (Å²) in [5.74, 6) is 4.57. The van der Waals surface area contributed by atoms with Crippen LogP contribution in [0.3, 0.4) is 0 Å². The second-order valence-corrected chi connectivity index (χ2v) is 8.28. The Morgan fingerprint density at radius 2 is 1.81 bits per heavy atom. The Bertz CT molecular complexity index is 994. The predicted molar refractivity (Wildman–Crippen MR) is 145 cm³/mol. The van der Waals surface area contributed by atoms with Gasteiger partial charge in [-0.3, -0.25) is 0 Å². The molecule has 0 saturated heterocycles. The number of benzene rings is 2. The number of nitrogens with zero attached hydrogens (tertiary/aromatic N) is 4. The lowest BCUT2D eigenvalue weighted by atomic mass is 10.1. The maximum atomic E-state index is 5.93. The van der Waals surface area contributed by atoms with Gasteiger partial charge in [0.1, 0.15) is 18.1 Å². The molecule has 0 radical (unpaired) electrons. The number of hydrogen-bond donors (Lipinski definition) is 2. The Labute approximate surface area is 211 Å². The molecule has 32 heavy (non-hydrogen) atoms. The van der Waals surface area contributed by atoms with Gasteiger partial charge in [-0.15, -0.1) is 34.2 Å². The van der Waals surface area contributed by atoms with E-state index in [4.69, 9.17) is 4.74 Å². The molecule has 3 aromatic rings. The van der Waals surface area contributed by atoms with Gasteiger partial charge in [0.2, 0.25) is 0 Å². The minimum absolute atomic E-state index is 0. The normalized spacial score (nSPS) is 11.3. The summed E-state index contributed by atoms with van der Waals surface area (Å²) < 4.78 is 7.90. The number of halogens is 1. The number of rotatable bonds is 11. The van der Waals surface area contributed by atoms with Crippen LogP contribution < -0.4 is 15.4 Å². The Morgan fingerprint density at radius 3 is 2.53 bits per heavy atom. The third kappa shape index (κ3) is 8.16. The van der Waals surface area contributed by atoms with Crippen molar-refractivity contribution in [2.45, 2.75) is 26.3 Å². The molecule has 0 aliphatic heterocycles. The minimum Gasteiger partial charge on any atom is -0.494 e. The molecule has 174 valence electrons. The van der Waals surface area contributed by atoms with Gasteiger partial charge in [0.15, 0.2) is 11.8 Å². The Morgan fingerprint density at radius 1 is 1.06 bits per heavy atom. The maximum absolute atomic E-state index is 5.93. The van der Waals surface area contributed by atoms with Crippen LogP contribution in [-0.2, 0) is 13.6 Å². The highest BCUT2D eigenvalue weighted by atomic mass is 127. The van der Waals surface area contributed by atoms with E-state index in [2.05, 4.69) is 56.3 Å².